The molecular weight excluding hydrogens is 1130 g/mol. The fourth-order valence-electron chi connectivity index (χ4n) is 11.5. The summed E-state index contributed by atoms with van der Waals surface area (Å²) in [5, 5.41) is 9.77. The summed E-state index contributed by atoms with van der Waals surface area (Å²) in [6.07, 6.45) is 94.8. The average molecular weight is 1280 g/mol. The van der Waals surface area contributed by atoms with Crippen LogP contribution in [0.4, 0.5) is 0 Å². The number of hydrogen-bond donors (Lipinski definition) is 1. The summed E-state index contributed by atoms with van der Waals surface area (Å²) in [5.74, 6) is -1.98. The second-order valence-corrected chi connectivity index (χ2v) is 27.6. The van der Waals surface area contributed by atoms with E-state index >= 15 is 0 Å². The number of carbonyl (C=O) groups excluding carboxylic acids is 2. The fourth-order valence-corrected chi connectivity index (χ4v) is 11.5. The van der Waals surface area contributed by atoms with E-state index in [0.717, 1.165) is 70.6 Å². The molecule has 9 nitrogen and oxygen atoms in total. The molecule has 2 atom stereocenters. The third-order valence-corrected chi connectivity index (χ3v) is 17.4. The van der Waals surface area contributed by atoms with Crippen molar-refractivity contribution < 1.29 is 42.9 Å². The molecule has 91 heavy (non-hydrogen) atoms. The van der Waals surface area contributed by atoms with Crippen LogP contribution in [-0.4, -0.2) is 87.4 Å². The molecule has 2 unspecified atom stereocenters. The molecule has 0 saturated heterocycles. The van der Waals surface area contributed by atoms with Crippen LogP contribution in [0.5, 0.6) is 0 Å². The van der Waals surface area contributed by atoms with Crippen molar-refractivity contribution >= 4 is 17.9 Å². The van der Waals surface area contributed by atoms with E-state index in [4.69, 9.17) is 18.9 Å². The molecule has 1 N–H and O–H groups in total. The minimum atomic E-state index is -1.51. The number of allylic oxidation sites excluding steroid dienone is 12. The summed E-state index contributed by atoms with van der Waals surface area (Å²) >= 11 is 0. The maximum Gasteiger partial charge on any atom is 0.361 e. The van der Waals surface area contributed by atoms with Gasteiger partial charge in [-0.25, -0.2) is 4.79 Å². The average Bonchev–Trinajstić information content (AvgIpc) is 3.46. The van der Waals surface area contributed by atoms with Crippen molar-refractivity contribution in [2.75, 3.05) is 47.5 Å². The van der Waals surface area contributed by atoms with Gasteiger partial charge < -0.3 is 28.5 Å². The Balaban J connectivity index is 3.97. The second kappa shape index (κ2) is 72.6. The zero-order valence-electron chi connectivity index (χ0n) is 60.8. The third-order valence-electron chi connectivity index (χ3n) is 17.4. The summed E-state index contributed by atoms with van der Waals surface area (Å²) < 4.78 is 23.0. The Bertz CT molecular complexity index is 1730. The highest BCUT2D eigenvalue weighted by molar-refractivity contribution is 5.71. The minimum Gasteiger partial charge on any atom is -0.477 e. The molecule has 9 heteroatoms. The molecule has 0 bridgehead atoms. The van der Waals surface area contributed by atoms with Crippen LogP contribution in [0, 0.1) is 0 Å². The number of carbonyl (C=O) groups is 3. The molecule has 0 aliphatic carbocycles. The highest BCUT2D eigenvalue weighted by Crippen LogP contribution is 2.19. The van der Waals surface area contributed by atoms with Gasteiger partial charge in [0.25, 0.3) is 6.29 Å². The standard InChI is InChI=1S/C82H149NO8/c1-6-8-10-12-14-16-18-20-22-24-26-28-30-32-34-35-36-37-38-39-40-41-42-43-44-45-47-49-51-53-55-57-59-61-63-65-67-69-71-73-80(85)91-78(77-90-82(81(86)87)88-75-74-83(3,4)5)76-89-79(84)72-70-68-66-64-62-60-58-56-54-52-50-48-46-33-31-29-27-25-23-21-19-17-15-13-11-9-7-2/h8,10,14,16,19-22,25-28,78,82H,6-7,9,11-13,15,17-18,23-24,29-77H2,1-5H3/p+1/b10-8-,16-14-,21-19-,22-20-,27-25-,28-26-. The largest absolute Gasteiger partial charge is 0.477 e. The number of quaternary nitrogens is 1. The molecule has 0 saturated carbocycles. The van der Waals surface area contributed by atoms with Crippen molar-refractivity contribution in [1.29, 1.82) is 0 Å². The lowest BCUT2D eigenvalue weighted by Gasteiger charge is -2.25. The van der Waals surface area contributed by atoms with Gasteiger partial charge in [0, 0.05) is 12.8 Å². The number of ether oxygens (including phenoxy) is 4. The number of unbranched alkanes of at least 4 members (excludes halogenated alkanes) is 46. The maximum atomic E-state index is 13.0. The monoisotopic (exact) mass is 1280 g/mol. The van der Waals surface area contributed by atoms with E-state index in [1.165, 1.54) is 276 Å². The molecule has 0 aromatic heterocycles. The lowest BCUT2D eigenvalue weighted by molar-refractivity contribution is -0.870. The number of carboxylic acids is 1. The molecule has 0 fully saturated rings. The van der Waals surface area contributed by atoms with Crippen LogP contribution < -0.4 is 0 Å². The topological polar surface area (TPSA) is 108 Å². The Labute approximate surface area is 564 Å². The van der Waals surface area contributed by atoms with E-state index in [1.54, 1.807) is 0 Å². The third kappa shape index (κ3) is 74.0. The molecule has 0 radical (unpaired) electrons. The van der Waals surface area contributed by atoms with E-state index in [2.05, 4.69) is 86.8 Å². The molecule has 0 heterocycles. The minimum absolute atomic E-state index is 0.178. The number of esters is 2. The zero-order valence-corrected chi connectivity index (χ0v) is 60.8. The number of carboxylic acid groups (broad SMARTS) is 1. The first kappa shape index (κ1) is 87.7. The van der Waals surface area contributed by atoms with Gasteiger partial charge in [-0.1, -0.05) is 350 Å². The second-order valence-electron chi connectivity index (χ2n) is 27.6. The molecule has 0 aliphatic heterocycles. The van der Waals surface area contributed by atoms with Gasteiger partial charge in [-0.15, -0.1) is 0 Å². The first-order chi connectivity index (χ1) is 44.6. The molecular formula is C82H150NO8+. The molecule has 530 valence electrons. The Hall–Kier alpha value is -3.27. The molecule has 0 amide bonds. The zero-order chi connectivity index (χ0) is 66.1. The molecule has 0 aromatic rings. The van der Waals surface area contributed by atoms with Crippen LogP contribution in [0.1, 0.15) is 373 Å². The quantitative estimate of drug-likeness (QED) is 0.0211. The predicted octanol–water partition coefficient (Wildman–Crippen LogP) is 24.8. The highest BCUT2D eigenvalue weighted by Gasteiger charge is 2.25. The molecule has 0 aromatic carbocycles. The first-order valence-electron chi connectivity index (χ1n) is 39.1. The predicted molar refractivity (Wildman–Crippen MR) is 392 cm³/mol. The van der Waals surface area contributed by atoms with E-state index in [9.17, 15) is 19.5 Å². The van der Waals surface area contributed by atoms with Gasteiger partial charge >= 0.3 is 17.9 Å². The van der Waals surface area contributed by atoms with Crippen molar-refractivity contribution in [3.8, 4) is 0 Å². The van der Waals surface area contributed by atoms with Crippen LogP contribution >= 0.6 is 0 Å². The van der Waals surface area contributed by atoms with Crippen LogP contribution in [-0.2, 0) is 33.3 Å². The smallest absolute Gasteiger partial charge is 0.361 e. The fraction of sp³-hybridized carbons (Fsp3) is 0.817. The summed E-state index contributed by atoms with van der Waals surface area (Å²) in [6, 6.07) is 0. The summed E-state index contributed by atoms with van der Waals surface area (Å²) in [6.45, 7) is 4.81. The summed E-state index contributed by atoms with van der Waals surface area (Å²) in [7, 11) is 5.99. The number of rotatable bonds is 73. The summed E-state index contributed by atoms with van der Waals surface area (Å²) in [4.78, 5) is 37.7. The SMILES string of the molecule is CC/C=C\C/C=C\C/C=C\C/C=C\CCCCCCCCCCCCCCCCCCCCCCCCCCCCC(=O)OC(COC(=O)CCCCCCCCCCCCCCCCC/C=C\C/C=C\CCCCCCC)COC(OCC[N+](C)(C)C)C(=O)O. The van der Waals surface area contributed by atoms with Crippen molar-refractivity contribution in [2.45, 2.75) is 386 Å². The lowest BCUT2D eigenvalue weighted by Crippen LogP contribution is -2.40. The van der Waals surface area contributed by atoms with Crippen LogP contribution in [0.2, 0.25) is 0 Å². The Kier molecular flexibility index (Phi) is 69.9. The van der Waals surface area contributed by atoms with E-state index < -0.39 is 18.4 Å². The normalized spacial score (nSPS) is 13.0. The maximum absolute atomic E-state index is 13.0. The van der Waals surface area contributed by atoms with E-state index in [-0.39, 0.29) is 38.2 Å². The van der Waals surface area contributed by atoms with Crippen LogP contribution in [0.15, 0.2) is 72.9 Å². The number of aliphatic carboxylic acids is 1. The highest BCUT2D eigenvalue weighted by atomic mass is 16.7. The summed E-state index contributed by atoms with van der Waals surface area (Å²) in [5.41, 5.74) is 0. The van der Waals surface area contributed by atoms with Gasteiger partial charge in [0.05, 0.1) is 34.4 Å². The van der Waals surface area contributed by atoms with Gasteiger partial charge in [-0.2, -0.15) is 0 Å². The Morgan fingerprint density at radius 2 is 0.626 bits per heavy atom. The number of hydrogen-bond acceptors (Lipinski definition) is 7. The van der Waals surface area contributed by atoms with Gasteiger partial charge in [-0.3, -0.25) is 9.59 Å². The molecule has 0 aliphatic rings. The van der Waals surface area contributed by atoms with Gasteiger partial charge in [0.1, 0.15) is 13.2 Å². The van der Waals surface area contributed by atoms with Gasteiger partial charge in [0.2, 0.25) is 0 Å². The van der Waals surface area contributed by atoms with Crippen molar-refractivity contribution in [3.05, 3.63) is 72.9 Å². The lowest BCUT2D eigenvalue weighted by atomic mass is 10.0. The Morgan fingerprint density at radius 1 is 0.341 bits per heavy atom. The number of nitrogens with zero attached hydrogens (tertiary/aromatic N) is 1. The van der Waals surface area contributed by atoms with Gasteiger partial charge in [-0.05, 0) is 83.5 Å². The van der Waals surface area contributed by atoms with Gasteiger partial charge in [0.15, 0.2) is 6.10 Å². The van der Waals surface area contributed by atoms with Crippen molar-refractivity contribution in [2.24, 2.45) is 0 Å². The number of likely N-dealkylation sites (N-methyl/N-ethyl adjacent to an activating group) is 1. The molecule has 0 spiro atoms. The van der Waals surface area contributed by atoms with Crippen molar-refractivity contribution in [1.82, 2.24) is 0 Å². The molecule has 0 rings (SSSR count). The van der Waals surface area contributed by atoms with Crippen LogP contribution in [0.3, 0.4) is 0 Å². The Morgan fingerprint density at radius 3 is 0.934 bits per heavy atom. The van der Waals surface area contributed by atoms with E-state index in [0.29, 0.717) is 17.4 Å². The van der Waals surface area contributed by atoms with Crippen LogP contribution in [0.25, 0.3) is 0 Å². The van der Waals surface area contributed by atoms with Crippen molar-refractivity contribution in [3.63, 3.8) is 0 Å². The first-order valence-corrected chi connectivity index (χ1v) is 39.1. The van der Waals surface area contributed by atoms with E-state index in [1.807, 2.05) is 21.1 Å².